The lowest BCUT2D eigenvalue weighted by Crippen LogP contribution is -2.24. The van der Waals surface area contributed by atoms with Gasteiger partial charge in [0.05, 0.1) is 0 Å². The molecule has 120 valence electrons. The van der Waals surface area contributed by atoms with Crippen LogP contribution < -0.4 is 10.9 Å². The molecule has 0 aliphatic rings. The van der Waals surface area contributed by atoms with Gasteiger partial charge in [-0.15, -0.1) is 10.2 Å². The van der Waals surface area contributed by atoms with Crippen LogP contribution in [0.5, 0.6) is 0 Å². The van der Waals surface area contributed by atoms with Crippen LogP contribution in [0.4, 0.5) is 37.4 Å². The molecule has 0 saturated carbocycles. The molecule has 0 aromatic carbocycles. The molecular formula is C9H5F6N5OS. The predicted molar refractivity (Wildman–Crippen MR) is 62.7 cm³/mol. The molecule has 0 bridgehead atoms. The maximum Gasteiger partial charge on any atom is 0.445 e. The van der Waals surface area contributed by atoms with Crippen LogP contribution in [0.15, 0.2) is 10.9 Å². The average molecular weight is 345 g/mol. The van der Waals surface area contributed by atoms with Crippen LogP contribution in [0.2, 0.25) is 0 Å². The largest absolute Gasteiger partial charge is 0.445 e. The van der Waals surface area contributed by atoms with E-state index in [9.17, 15) is 31.1 Å². The van der Waals surface area contributed by atoms with E-state index in [0.717, 1.165) is 7.05 Å². The van der Waals surface area contributed by atoms with E-state index < -0.39 is 39.7 Å². The fourth-order valence-electron chi connectivity index (χ4n) is 1.28. The van der Waals surface area contributed by atoms with E-state index in [1.165, 1.54) is 0 Å². The fourth-order valence-corrected chi connectivity index (χ4v) is 1.88. The summed E-state index contributed by atoms with van der Waals surface area (Å²) in [5, 5.41) is 6.37. The average Bonchev–Trinajstić information content (AvgIpc) is 2.81. The minimum Gasteiger partial charge on any atom is -0.300 e. The third kappa shape index (κ3) is 3.35. The van der Waals surface area contributed by atoms with Crippen molar-refractivity contribution in [3.63, 3.8) is 0 Å². The number of alkyl halides is 6. The molecule has 2 rings (SSSR count). The summed E-state index contributed by atoms with van der Waals surface area (Å²) < 4.78 is 75.5. The second-order valence-corrected chi connectivity index (χ2v) is 4.87. The van der Waals surface area contributed by atoms with Crippen LogP contribution in [0.25, 0.3) is 0 Å². The van der Waals surface area contributed by atoms with Crippen molar-refractivity contribution in [3.8, 4) is 0 Å². The summed E-state index contributed by atoms with van der Waals surface area (Å²) >= 11 is 0.0676. The van der Waals surface area contributed by atoms with Gasteiger partial charge in [0.2, 0.25) is 16.1 Å². The molecule has 6 nitrogen and oxygen atoms in total. The highest BCUT2D eigenvalue weighted by Gasteiger charge is 2.36. The standard InChI is InChI=1S/C9H5F6N5OS/c1-20-4(21)2-3(8(10,11)12)16-6(20)17-7-19-18-5(22-7)9(13,14)15/h2H,1H3,(H,16,17,19). The summed E-state index contributed by atoms with van der Waals surface area (Å²) in [4.78, 5) is 14.6. The molecule has 0 spiro atoms. The lowest BCUT2D eigenvalue weighted by Gasteiger charge is -2.11. The Morgan fingerprint density at radius 2 is 1.77 bits per heavy atom. The van der Waals surface area contributed by atoms with Gasteiger partial charge >= 0.3 is 12.4 Å². The highest BCUT2D eigenvalue weighted by molar-refractivity contribution is 7.15. The Labute approximate surface area is 121 Å². The molecule has 22 heavy (non-hydrogen) atoms. The summed E-state index contributed by atoms with van der Waals surface area (Å²) in [7, 11) is 1.10. The van der Waals surface area contributed by atoms with Crippen LogP contribution in [-0.2, 0) is 19.4 Å². The van der Waals surface area contributed by atoms with Crippen LogP contribution >= 0.6 is 11.3 Å². The molecule has 0 saturated heterocycles. The van der Waals surface area contributed by atoms with Crippen molar-refractivity contribution in [3.05, 3.63) is 27.1 Å². The predicted octanol–water partition coefficient (Wildman–Crippen LogP) is 2.41. The smallest absolute Gasteiger partial charge is 0.300 e. The van der Waals surface area contributed by atoms with E-state index in [4.69, 9.17) is 0 Å². The first kappa shape index (κ1) is 16.2. The third-order valence-corrected chi connectivity index (χ3v) is 3.20. The molecule has 0 fully saturated rings. The summed E-state index contributed by atoms with van der Waals surface area (Å²) in [5.41, 5.74) is -2.51. The first-order valence-electron chi connectivity index (χ1n) is 5.31. The minimum atomic E-state index is -4.87. The Balaban J connectivity index is 2.39. The number of halogens is 6. The van der Waals surface area contributed by atoms with Crippen molar-refractivity contribution in [2.45, 2.75) is 12.4 Å². The van der Waals surface area contributed by atoms with Gasteiger partial charge in [-0.1, -0.05) is 11.3 Å². The van der Waals surface area contributed by atoms with Crippen molar-refractivity contribution < 1.29 is 26.3 Å². The normalized spacial score (nSPS) is 12.5. The van der Waals surface area contributed by atoms with Crippen LogP contribution in [0.1, 0.15) is 10.7 Å². The van der Waals surface area contributed by atoms with Crippen molar-refractivity contribution in [2.24, 2.45) is 7.05 Å². The molecular weight excluding hydrogens is 340 g/mol. The van der Waals surface area contributed by atoms with E-state index in [0.29, 0.717) is 4.57 Å². The van der Waals surface area contributed by atoms with E-state index in [1.807, 2.05) is 0 Å². The number of hydrogen-bond donors (Lipinski definition) is 1. The molecule has 2 aromatic rings. The molecule has 0 amide bonds. The Hall–Kier alpha value is -2.18. The number of nitrogens with zero attached hydrogens (tertiary/aromatic N) is 4. The number of anilines is 2. The zero-order valence-corrected chi connectivity index (χ0v) is 11.3. The Morgan fingerprint density at radius 1 is 1.14 bits per heavy atom. The second-order valence-electron chi connectivity index (χ2n) is 3.90. The third-order valence-electron chi connectivity index (χ3n) is 2.31. The van der Waals surface area contributed by atoms with Gasteiger partial charge in [-0.3, -0.25) is 14.7 Å². The van der Waals surface area contributed by atoms with Gasteiger partial charge in [0.1, 0.15) is 0 Å². The molecule has 0 atom stereocenters. The molecule has 2 heterocycles. The highest BCUT2D eigenvalue weighted by atomic mass is 32.1. The Bertz CT molecular complexity index is 748. The fraction of sp³-hybridized carbons (Fsp3) is 0.333. The van der Waals surface area contributed by atoms with Crippen LogP contribution in [-0.4, -0.2) is 19.7 Å². The monoisotopic (exact) mass is 345 g/mol. The first-order chi connectivity index (χ1) is 9.98. The minimum absolute atomic E-state index is 0.0676. The molecule has 1 N–H and O–H groups in total. The van der Waals surface area contributed by atoms with Gasteiger partial charge in [0.25, 0.3) is 5.56 Å². The number of hydrogen-bond acceptors (Lipinski definition) is 6. The highest BCUT2D eigenvalue weighted by Crippen LogP contribution is 2.34. The maximum atomic E-state index is 12.6. The molecule has 13 heteroatoms. The summed E-state index contributed by atoms with van der Waals surface area (Å²) in [6.07, 6.45) is -9.60. The topological polar surface area (TPSA) is 72.7 Å². The second kappa shape index (κ2) is 5.23. The quantitative estimate of drug-likeness (QED) is 0.847. The van der Waals surface area contributed by atoms with Gasteiger partial charge in [0, 0.05) is 13.1 Å². The van der Waals surface area contributed by atoms with E-state index in [-0.39, 0.29) is 17.4 Å². The number of aromatic nitrogens is 4. The summed E-state index contributed by atoms with van der Waals surface area (Å²) in [6, 6.07) is 0.270. The zero-order valence-electron chi connectivity index (χ0n) is 10.5. The van der Waals surface area contributed by atoms with Gasteiger partial charge in [-0.25, -0.2) is 4.98 Å². The van der Waals surface area contributed by atoms with Gasteiger partial charge in [0.15, 0.2) is 5.69 Å². The van der Waals surface area contributed by atoms with Crippen molar-refractivity contribution in [1.29, 1.82) is 0 Å². The van der Waals surface area contributed by atoms with Crippen LogP contribution in [0.3, 0.4) is 0 Å². The van der Waals surface area contributed by atoms with E-state index in [2.05, 4.69) is 20.5 Å². The molecule has 0 unspecified atom stereocenters. The summed E-state index contributed by atoms with van der Waals surface area (Å²) in [6.45, 7) is 0. The van der Waals surface area contributed by atoms with Crippen molar-refractivity contribution >= 4 is 22.4 Å². The van der Waals surface area contributed by atoms with Gasteiger partial charge < -0.3 is 0 Å². The number of nitrogens with one attached hydrogen (secondary N) is 1. The lowest BCUT2D eigenvalue weighted by atomic mass is 10.4. The maximum absolute atomic E-state index is 12.6. The summed E-state index contributed by atoms with van der Waals surface area (Å²) in [5.74, 6) is -0.607. The Kier molecular flexibility index (Phi) is 3.85. The van der Waals surface area contributed by atoms with Crippen molar-refractivity contribution in [1.82, 2.24) is 19.7 Å². The van der Waals surface area contributed by atoms with E-state index >= 15 is 0 Å². The first-order valence-corrected chi connectivity index (χ1v) is 6.13. The molecule has 0 aliphatic heterocycles. The molecule has 0 radical (unpaired) electrons. The zero-order chi connectivity index (χ0) is 16.7. The molecule has 0 aliphatic carbocycles. The van der Waals surface area contributed by atoms with Gasteiger partial charge in [-0.2, -0.15) is 26.3 Å². The van der Waals surface area contributed by atoms with Crippen molar-refractivity contribution in [2.75, 3.05) is 5.32 Å². The molecule has 2 aromatic heterocycles. The SMILES string of the molecule is Cn1c(Nc2nnc(C(F)(F)F)s2)nc(C(F)(F)F)cc1=O. The van der Waals surface area contributed by atoms with E-state index in [1.54, 1.807) is 0 Å². The Morgan fingerprint density at radius 3 is 2.27 bits per heavy atom. The van der Waals surface area contributed by atoms with Crippen LogP contribution in [0, 0.1) is 0 Å². The van der Waals surface area contributed by atoms with Gasteiger partial charge in [-0.05, 0) is 0 Å². The lowest BCUT2D eigenvalue weighted by molar-refractivity contribution is -0.141. The number of rotatable bonds is 2.